The minimum absolute atomic E-state index is 0.0317. The summed E-state index contributed by atoms with van der Waals surface area (Å²) < 4.78 is 1.62. The predicted molar refractivity (Wildman–Crippen MR) is 78.8 cm³/mol. The van der Waals surface area contributed by atoms with Crippen molar-refractivity contribution in [3.63, 3.8) is 0 Å². The van der Waals surface area contributed by atoms with Crippen LogP contribution in [0.4, 0.5) is 0 Å². The Labute approximate surface area is 123 Å². The van der Waals surface area contributed by atoms with Crippen LogP contribution in [0.25, 0.3) is 0 Å². The number of aryl methyl sites for hydroxylation is 1. The summed E-state index contributed by atoms with van der Waals surface area (Å²) in [5, 5.41) is 3.47. The van der Waals surface area contributed by atoms with Crippen molar-refractivity contribution in [2.75, 3.05) is 13.1 Å². The van der Waals surface area contributed by atoms with Gasteiger partial charge in [-0.25, -0.2) is 0 Å². The molecule has 3 aliphatic heterocycles. The maximum Gasteiger partial charge on any atom is 0.250 e. The molecular weight excluding hydrogens is 266 g/mol. The molecule has 3 saturated heterocycles. The highest BCUT2D eigenvalue weighted by atomic mass is 16.2. The van der Waals surface area contributed by atoms with Crippen molar-refractivity contribution in [2.45, 2.75) is 37.9 Å². The van der Waals surface area contributed by atoms with E-state index >= 15 is 0 Å². The molecule has 112 valence electrons. The molecule has 5 nitrogen and oxygen atoms in total. The molecular formula is C16H21N3O2. The Morgan fingerprint density at radius 2 is 1.90 bits per heavy atom. The maximum atomic E-state index is 12.6. The minimum Gasteiger partial charge on any atom is -0.336 e. The third-order valence-electron chi connectivity index (χ3n) is 5.52. The normalized spacial score (nSPS) is 33.4. The zero-order valence-corrected chi connectivity index (χ0v) is 12.1. The van der Waals surface area contributed by atoms with E-state index in [9.17, 15) is 9.59 Å². The fourth-order valence-corrected chi connectivity index (χ4v) is 4.63. The van der Waals surface area contributed by atoms with E-state index in [1.807, 2.05) is 6.07 Å². The smallest absolute Gasteiger partial charge is 0.250 e. The number of nitrogens with one attached hydrogen (secondary N) is 1. The highest BCUT2D eigenvalue weighted by Crippen LogP contribution is 2.47. The van der Waals surface area contributed by atoms with Gasteiger partial charge in [0.2, 0.25) is 5.91 Å². The van der Waals surface area contributed by atoms with Crippen molar-refractivity contribution in [3.05, 3.63) is 34.7 Å². The first-order valence-electron chi connectivity index (χ1n) is 7.93. The summed E-state index contributed by atoms with van der Waals surface area (Å²) in [4.78, 5) is 26.5. The Kier molecular flexibility index (Phi) is 3.10. The van der Waals surface area contributed by atoms with Crippen molar-refractivity contribution in [1.29, 1.82) is 0 Å². The number of carbonyl (C=O) groups is 1. The monoisotopic (exact) mass is 287 g/mol. The van der Waals surface area contributed by atoms with Crippen molar-refractivity contribution in [1.82, 2.24) is 14.8 Å². The number of rotatable bonds is 3. The molecule has 3 fully saturated rings. The molecule has 4 atom stereocenters. The molecule has 3 aliphatic rings. The highest BCUT2D eigenvalue weighted by molar-refractivity contribution is 5.77. The molecule has 0 saturated carbocycles. The number of aromatic nitrogens is 1. The Morgan fingerprint density at radius 1 is 1.19 bits per heavy atom. The molecule has 0 unspecified atom stereocenters. The lowest BCUT2D eigenvalue weighted by molar-refractivity contribution is -0.133. The van der Waals surface area contributed by atoms with Gasteiger partial charge in [-0.05, 0) is 30.7 Å². The predicted octanol–water partition coefficient (Wildman–Crippen LogP) is 0.447. The van der Waals surface area contributed by atoms with Gasteiger partial charge in [0.05, 0.1) is 0 Å². The Bertz CT molecular complexity index is 594. The molecule has 1 aromatic heterocycles. The fourth-order valence-electron chi connectivity index (χ4n) is 4.63. The van der Waals surface area contributed by atoms with E-state index in [1.54, 1.807) is 22.9 Å². The molecule has 0 spiro atoms. The second kappa shape index (κ2) is 4.98. The van der Waals surface area contributed by atoms with Crippen LogP contribution in [0.2, 0.25) is 0 Å². The van der Waals surface area contributed by atoms with Crippen LogP contribution in [0, 0.1) is 11.8 Å². The molecule has 21 heavy (non-hydrogen) atoms. The topological polar surface area (TPSA) is 54.3 Å². The molecule has 4 rings (SSSR count). The van der Waals surface area contributed by atoms with Crippen LogP contribution in [-0.4, -0.2) is 40.5 Å². The first-order valence-corrected chi connectivity index (χ1v) is 7.93. The third-order valence-corrected chi connectivity index (χ3v) is 5.52. The maximum absolute atomic E-state index is 12.6. The van der Waals surface area contributed by atoms with Crippen LogP contribution >= 0.6 is 0 Å². The largest absolute Gasteiger partial charge is 0.336 e. The van der Waals surface area contributed by atoms with E-state index in [0.29, 0.717) is 36.9 Å². The number of fused-ring (bicyclic) bond motifs is 5. The summed E-state index contributed by atoms with van der Waals surface area (Å²) in [6, 6.07) is 5.99. The molecule has 1 N–H and O–H groups in total. The number of carbonyl (C=O) groups excluding carboxylic acids is 1. The van der Waals surface area contributed by atoms with Gasteiger partial charge in [0, 0.05) is 50.4 Å². The first kappa shape index (κ1) is 13.1. The summed E-state index contributed by atoms with van der Waals surface area (Å²) >= 11 is 0. The van der Waals surface area contributed by atoms with Gasteiger partial charge in [-0.15, -0.1) is 0 Å². The van der Waals surface area contributed by atoms with Gasteiger partial charge in [0.1, 0.15) is 0 Å². The minimum atomic E-state index is -0.0317. The fraction of sp³-hybridized carbons (Fsp3) is 0.625. The zero-order chi connectivity index (χ0) is 14.4. The van der Waals surface area contributed by atoms with Crippen LogP contribution in [0.15, 0.2) is 29.2 Å². The van der Waals surface area contributed by atoms with E-state index in [-0.39, 0.29) is 11.5 Å². The Balaban J connectivity index is 1.45. The van der Waals surface area contributed by atoms with E-state index in [4.69, 9.17) is 0 Å². The summed E-state index contributed by atoms with van der Waals surface area (Å²) in [5.74, 6) is 1.55. The molecule has 0 aliphatic carbocycles. The van der Waals surface area contributed by atoms with Gasteiger partial charge in [0.15, 0.2) is 0 Å². The average Bonchev–Trinajstić information content (AvgIpc) is 3.17. The van der Waals surface area contributed by atoms with Gasteiger partial charge in [0.25, 0.3) is 5.56 Å². The van der Waals surface area contributed by atoms with Crippen LogP contribution in [0.5, 0.6) is 0 Å². The standard InChI is InChI=1S/C16H21N3O2/c20-15-3-1-2-7-18(15)8-6-16(21)19-13-4-5-14(19)12-10-17-9-11(12)13/h1-3,7,11-14,17H,4-6,8-10H2/t11-,12+,13-,14+. The van der Waals surface area contributed by atoms with Gasteiger partial charge in [-0.3, -0.25) is 9.59 Å². The highest BCUT2D eigenvalue weighted by Gasteiger charge is 2.55. The molecule has 0 radical (unpaired) electrons. The van der Waals surface area contributed by atoms with Crippen LogP contribution in [0.1, 0.15) is 19.3 Å². The molecule has 4 heterocycles. The van der Waals surface area contributed by atoms with Crippen LogP contribution < -0.4 is 10.9 Å². The van der Waals surface area contributed by atoms with Crippen LogP contribution in [0.3, 0.4) is 0 Å². The molecule has 2 bridgehead atoms. The second-order valence-corrected chi connectivity index (χ2v) is 6.48. The SMILES string of the molecule is O=C(CCn1ccccc1=O)N1[C@@H]2CC[C@H]1[C@H]1CNC[C@H]12. The van der Waals surface area contributed by atoms with Gasteiger partial charge in [-0.2, -0.15) is 0 Å². The number of pyridine rings is 1. The van der Waals surface area contributed by atoms with Crippen molar-refractivity contribution in [2.24, 2.45) is 11.8 Å². The Hall–Kier alpha value is -1.62. The third kappa shape index (κ3) is 2.02. The lowest BCUT2D eigenvalue weighted by Gasteiger charge is -2.25. The van der Waals surface area contributed by atoms with E-state index in [0.717, 1.165) is 25.9 Å². The quantitative estimate of drug-likeness (QED) is 0.878. The van der Waals surface area contributed by atoms with Gasteiger partial charge < -0.3 is 14.8 Å². The summed E-state index contributed by atoms with van der Waals surface area (Å²) in [6.45, 7) is 2.61. The number of amides is 1. The number of hydrogen-bond acceptors (Lipinski definition) is 3. The van der Waals surface area contributed by atoms with Crippen molar-refractivity contribution in [3.8, 4) is 0 Å². The molecule has 5 heteroatoms. The Morgan fingerprint density at radius 3 is 2.57 bits per heavy atom. The van der Waals surface area contributed by atoms with Crippen molar-refractivity contribution < 1.29 is 4.79 Å². The van der Waals surface area contributed by atoms with E-state index < -0.39 is 0 Å². The summed E-state index contributed by atoms with van der Waals surface area (Å²) in [5.41, 5.74) is -0.0317. The second-order valence-electron chi connectivity index (χ2n) is 6.48. The first-order chi connectivity index (χ1) is 10.3. The number of nitrogens with zero attached hydrogens (tertiary/aromatic N) is 2. The number of hydrogen-bond donors (Lipinski definition) is 1. The van der Waals surface area contributed by atoms with Gasteiger partial charge >= 0.3 is 0 Å². The molecule has 0 aromatic carbocycles. The lowest BCUT2D eigenvalue weighted by Crippen LogP contribution is -2.39. The van der Waals surface area contributed by atoms with E-state index in [2.05, 4.69) is 10.2 Å². The van der Waals surface area contributed by atoms with E-state index in [1.165, 1.54) is 0 Å². The molecule has 1 aromatic rings. The lowest BCUT2D eigenvalue weighted by atomic mass is 9.82. The zero-order valence-electron chi connectivity index (χ0n) is 12.1. The van der Waals surface area contributed by atoms with Crippen molar-refractivity contribution >= 4 is 5.91 Å². The molecule has 1 amide bonds. The van der Waals surface area contributed by atoms with Gasteiger partial charge in [-0.1, -0.05) is 6.07 Å². The summed E-state index contributed by atoms with van der Waals surface area (Å²) in [6.07, 6.45) is 4.51. The average molecular weight is 287 g/mol. The van der Waals surface area contributed by atoms with Crippen LogP contribution in [-0.2, 0) is 11.3 Å². The summed E-state index contributed by atoms with van der Waals surface area (Å²) in [7, 11) is 0.